The van der Waals surface area contributed by atoms with E-state index in [9.17, 15) is 24.0 Å². The monoisotopic (exact) mass is 879 g/mol. The maximum absolute atomic E-state index is 14.7. The number of ketones is 1. The first-order chi connectivity index (χ1) is 28.9. The number of aromatic nitrogens is 2. The van der Waals surface area contributed by atoms with Crippen LogP contribution in [0, 0.1) is 17.8 Å². The van der Waals surface area contributed by atoms with E-state index in [0.717, 1.165) is 4.57 Å². The molecule has 0 saturated carbocycles. The van der Waals surface area contributed by atoms with E-state index >= 15 is 0 Å². The molecular formula is C44H69N3O15. The summed E-state index contributed by atoms with van der Waals surface area (Å²) < 4.78 is 63.6. The van der Waals surface area contributed by atoms with E-state index in [1.165, 1.54) is 52.9 Å². The van der Waals surface area contributed by atoms with Gasteiger partial charge in [-0.25, -0.2) is 14.3 Å². The van der Waals surface area contributed by atoms with Gasteiger partial charge in [0.25, 0.3) is 0 Å². The number of carbonyl (C=O) groups is 5. The van der Waals surface area contributed by atoms with Gasteiger partial charge in [-0.2, -0.15) is 0 Å². The lowest BCUT2D eigenvalue weighted by atomic mass is 9.76. The summed E-state index contributed by atoms with van der Waals surface area (Å²) in [6, 6.07) is -0.651. The normalized spacial score (nSPS) is 40.9. The molecule has 0 aliphatic carbocycles. The highest BCUT2D eigenvalue weighted by Gasteiger charge is 2.54. The molecule has 4 rings (SSSR count). The lowest BCUT2D eigenvalue weighted by molar-refractivity contribution is -0.318. The van der Waals surface area contributed by atoms with E-state index in [0.29, 0.717) is 6.42 Å². The second kappa shape index (κ2) is 20.8. The third-order valence-corrected chi connectivity index (χ3v) is 12.5. The van der Waals surface area contributed by atoms with Crippen molar-refractivity contribution in [1.82, 2.24) is 9.55 Å². The fourth-order valence-corrected chi connectivity index (χ4v) is 9.21. The molecule has 3 aliphatic heterocycles. The SMILES string of the molecule is CC[C@H]1OC(=O)[C@H](C)[C@@H](O[C@H]2C[C@@](C)(OC)[C@@H](OC(C)=O)[C@H](C)O2)[C@H](C)[C@@H](O[C@@H]2O[C@H](C)C[C@H](N)[C@H]2OC(C)=O)[C@@](C)(OC)C[C@@H](C)C(=O)/C(C)=C/[C@]1(C)OC(=O)n1ccnc1. The second-order valence-corrected chi connectivity index (χ2v) is 17.8. The summed E-state index contributed by atoms with van der Waals surface area (Å²) in [6.45, 7) is 19.9. The Labute approximate surface area is 365 Å². The van der Waals surface area contributed by atoms with Crippen LogP contribution in [-0.4, -0.2) is 132 Å². The molecule has 16 atom stereocenters. The van der Waals surface area contributed by atoms with Crippen LogP contribution < -0.4 is 5.73 Å². The van der Waals surface area contributed by atoms with Crippen LogP contribution in [0.5, 0.6) is 0 Å². The molecule has 18 heteroatoms. The van der Waals surface area contributed by atoms with Crippen molar-refractivity contribution in [1.29, 1.82) is 0 Å². The lowest BCUT2D eigenvalue weighted by Crippen LogP contribution is -2.61. The van der Waals surface area contributed by atoms with Gasteiger partial charge in [-0.05, 0) is 79.4 Å². The molecule has 0 radical (unpaired) electrons. The molecule has 2 N–H and O–H groups in total. The molecule has 0 unspecified atom stereocenters. The Morgan fingerprint density at radius 2 is 1.53 bits per heavy atom. The first-order valence-corrected chi connectivity index (χ1v) is 21.4. The molecule has 0 aromatic carbocycles. The van der Waals surface area contributed by atoms with Crippen LogP contribution in [-0.2, 0) is 66.5 Å². The number of methoxy groups -OCH3 is 2. The Bertz CT molecular complexity index is 1760. The number of ether oxygens (including phenoxy) is 10. The first kappa shape index (κ1) is 50.9. The number of Topliss-reactive ketones (excluding diaryl/α,β-unsaturated/α-hetero) is 1. The van der Waals surface area contributed by atoms with Gasteiger partial charge in [0.05, 0.1) is 35.9 Å². The second-order valence-electron chi connectivity index (χ2n) is 17.8. The number of rotatable bonds is 10. The molecule has 2 fully saturated rings. The quantitative estimate of drug-likeness (QED) is 0.246. The van der Waals surface area contributed by atoms with Gasteiger partial charge in [0.2, 0.25) is 0 Å². The Morgan fingerprint density at radius 3 is 2.10 bits per heavy atom. The van der Waals surface area contributed by atoms with Gasteiger partial charge in [-0.15, -0.1) is 0 Å². The first-order valence-electron chi connectivity index (χ1n) is 21.4. The number of allylic oxidation sites excluding steroid dienone is 1. The van der Waals surface area contributed by atoms with E-state index in [2.05, 4.69) is 4.98 Å². The maximum Gasteiger partial charge on any atom is 0.420 e. The van der Waals surface area contributed by atoms with Crippen molar-refractivity contribution in [2.75, 3.05) is 14.2 Å². The predicted octanol–water partition coefficient (Wildman–Crippen LogP) is 4.82. The third-order valence-electron chi connectivity index (χ3n) is 12.5. The van der Waals surface area contributed by atoms with Gasteiger partial charge >= 0.3 is 24.0 Å². The van der Waals surface area contributed by atoms with Gasteiger partial charge in [-0.3, -0.25) is 19.2 Å². The predicted molar refractivity (Wildman–Crippen MR) is 221 cm³/mol. The Hall–Kier alpha value is -3.78. The number of cyclic esters (lactones) is 1. The number of esters is 3. The topological polar surface area (TPSA) is 221 Å². The average molecular weight is 880 g/mol. The molecule has 1 aromatic heterocycles. The largest absolute Gasteiger partial charge is 0.457 e. The minimum absolute atomic E-state index is 0.0753. The van der Waals surface area contributed by atoms with Gasteiger partial charge in [0.1, 0.15) is 18.0 Å². The van der Waals surface area contributed by atoms with E-state index in [1.54, 1.807) is 55.4 Å². The summed E-state index contributed by atoms with van der Waals surface area (Å²) in [5.74, 6) is -4.73. The van der Waals surface area contributed by atoms with Gasteiger partial charge in [0, 0.05) is 64.8 Å². The number of nitrogens with zero attached hydrogens (tertiary/aromatic N) is 2. The number of imidazole rings is 1. The van der Waals surface area contributed by atoms with Gasteiger partial charge in [-0.1, -0.05) is 20.8 Å². The van der Waals surface area contributed by atoms with Crippen molar-refractivity contribution in [3.8, 4) is 0 Å². The molecule has 0 bridgehead atoms. The summed E-state index contributed by atoms with van der Waals surface area (Å²) in [7, 11) is 2.99. The average Bonchev–Trinajstić information content (AvgIpc) is 3.75. The fraction of sp³-hybridized carbons (Fsp3) is 0.773. The molecule has 18 nitrogen and oxygen atoms in total. The van der Waals surface area contributed by atoms with E-state index in [4.69, 9.17) is 53.1 Å². The van der Waals surface area contributed by atoms with Crippen molar-refractivity contribution in [3.05, 3.63) is 30.4 Å². The molecule has 2 saturated heterocycles. The summed E-state index contributed by atoms with van der Waals surface area (Å²) in [5.41, 5.74) is 2.78. The number of carbonyl (C=O) groups excluding carboxylic acids is 5. The highest BCUT2D eigenvalue weighted by Crippen LogP contribution is 2.42. The van der Waals surface area contributed by atoms with Crippen molar-refractivity contribution < 1.29 is 71.3 Å². The zero-order chi connectivity index (χ0) is 46.5. The molecule has 0 amide bonds. The molecule has 3 aliphatic rings. The summed E-state index contributed by atoms with van der Waals surface area (Å²) in [6.07, 6.45) is -2.86. The molecule has 1 aromatic rings. The maximum atomic E-state index is 14.7. The highest BCUT2D eigenvalue weighted by atomic mass is 16.7. The van der Waals surface area contributed by atoms with Crippen LogP contribution in [0.3, 0.4) is 0 Å². The fourth-order valence-electron chi connectivity index (χ4n) is 9.21. The van der Waals surface area contributed by atoms with Crippen LogP contribution in [0.2, 0.25) is 0 Å². The van der Waals surface area contributed by atoms with E-state index < -0.39 is 120 Å². The highest BCUT2D eigenvalue weighted by molar-refractivity contribution is 5.96. The van der Waals surface area contributed by atoms with Crippen molar-refractivity contribution >= 4 is 29.8 Å². The minimum atomic E-state index is -1.64. The summed E-state index contributed by atoms with van der Waals surface area (Å²) in [5, 5.41) is 0. The van der Waals surface area contributed by atoms with Crippen LogP contribution in [0.15, 0.2) is 30.4 Å². The van der Waals surface area contributed by atoms with Crippen molar-refractivity contribution in [2.45, 2.75) is 187 Å². The van der Waals surface area contributed by atoms with Crippen LogP contribution in [0.4, 0.5) is 4.79 Å². The molecule has 350 valence electrons. The molecular weight excluding hydrogens is 810 g/mol. The van der Waals surface area contributed by atoms with Crippen LogP contribution >= 0.6 is 0 Å². The summed E-state index contributed by atoms with van der Waals surface area (Å²) in [4.78, 5) is 71.1. The van der Waals surface area contributed by atoms with Gasteiger partial charge < -0.3 is 53.1 Å². The smallest absolute Gasteiger partial charge is 0.420 e. The molecule has 4 heterocycles. The lowest BCUT2D eigenvalue weighted by Gasteiger charge is -2.49. The van der Waals surface area contributed by atoms with E-state index in [-0.39, 0.29) is 30.6 Å². The third kappa shape index (κ3) is 11.7. The molecule has 0 spiro atoms. The van der Waals surface area contributed by atoms with Crippen molar-refractivity contribution in [3.63, 3.8) is 0 Å². The zero-order valence-corrected chi connectivity index (χ0v) is 38.7. The standard InChI is InChI=1S/C44H69N3O15/c1-15-32-42(10,62-41(52)47-17-16-46-22-47)19-23(2)34(50)24(3)20-43(11,53-13)37(61-40-36(57-29(8)48)31(45)18-25(4)55-40)26(5)35(27(6)39(51)59-32)60-33-21-44(12,54-14)38(28(7)56-33)58-30(9)49/h16-17,19,22,24-28,31-33,35-38,40H,15,18,20-21,45H2,1-14H3/b23-19+/t24-,25-,26+,27-,28+,31+,32-,33+,35+,36-,37-,38+,40+,42+,43+,44-/m1/s1. The Morgan fingerprint density at radius 1 is 0.903 bits per heavy atom. The Kier molecular flexibility index (Phi) is 17.1. The van der Waals surface area contributed by atoms with Crippen LogP contribution in [0.25, 0.3) is 0 Å². The number of hydrogen-bond acceptors (Lipinski definition) is 17. The summed E-state index contributed by atoms with van der Waals surface area (Å²) >= 11 is 0. The number of hydrogen-bond donors (Lipinski definition) is 1. The van der Waals surface area contributed by atoms with Crippen molar-refractivity contribution in [2.24, 2.45) is 23.5 Å². The zero-order valence-electron chi connectivity index (χ0n) is 38.7. The Balaban J connectivity index is 1.91. The minimum Gasteiger partial charge on any atom is -0.457 e. The van der Waals surface area contributed by atoms with Crippen LogP contribution in [0.1, 0.15) is 109 Å². The molecule has 62 heavy (non-hydrogen) atoms. The number of nitrogens with two attached hydrogens (primary N) is 1. The van der Waals surface area contributed by atoms with Gasteiger partial charge in [0.15, 0.2) is 36.2 Å². The van der Waals surface area contributed by atoms with E-state index in [1.807, 2.05) is 13.8 Å².